The van der Waals surface area contributed by atoms with Crippen molar-refractivity contribution < 1.29 is 4.79 Å². The van der Waals surface area contributed by atoms with Crippen LogP contribution in [0.15, 0.2) is 22.7 Å². The van der Waals surface area contributed by atoms with E-state index >= 15 is 0 Å². The highest BCUT2D eigenvalue weighted by Crippen LogP contribution is 2.31. The molecule has 0 aliphatic carbocycles. The molecule has 2 rings (SSSR count). The molecule has 0 spiro atoms. The largest absolute Gasteiger partial charge is 0.358 e. The third-order valence-electron chi connectivity index (χ3n) is 3.46. The number of hydrogen-bond donors (Lipinski definition) is 1. The normalized spacial score (nSPS) is 18.8. The van der Waals surface area contributed by atoms with Gasteiger partial charge in [-0.3, -0.25) is 4.79 Å². The highest BCUT2D eigenvalue weighted by Gasteiger charge is 2.29. The highest BCUT2D eigenvalue weighted by molar-refractivity contribution is 9.10. The summed E-state index contributed by atoms with van der Waals surface area (Å²) in [4.78, 5) is 14.0. The van der Waals surface area contributed by atoms with E-state index < -0.39 is 0 Å². The molecule has 4 nitrogen and oxygen atoms in total. The average molecular weight is 322 g/mol. The first-order valence-electron chi connectivity index (χ1n) is 6.36. The molecule has 5 heteroatoms. The average Bonchev–Trinajstić information content (AvgIpc) is 2.46. The SMILES string of the molecule is CNC(=O)C1CCCCN1c1cccc(Br)c1C#N. The van der Waals surface area contributed by atoms with Crippen LogP contribution in [0.5, 0.6) is 0 Å². The van der Waals surface area contributed by atoms with Gasteiger partial charge in [0.15, 0.2) is 0 Å². The van der Waals surface area contributed by atoms with Crippen LogP contribution in [0.2, 0.25) is 0 Å². The number of halogens is 1. The first kappa shape index (κ1) is 13.9. The number of benzene rings is 1. The molecule has 1 aromatic carbocycles. The van der Waals surface area contributed by atoms with Crippen molar-refractivity contribution >= 4 is 27.5 Å². The van der Waals surface area contributed by atoms with E-state index in [0.29, 0.717) is 5.56 Å². The molecule has 1 atom stereocenters. The number of piperidine rings is 1. The van der Waals surface area contributed by atoms with Crippen LogP contribution in [0.4, 0.5) is 5.69 Å². The number of carbonyl (C=O) groups is 1. The summed E-state index contributed by atoms with van der Waals surface area (Å²) in [5, 5.41) is 12.0. The fourth-order valence-corrected chi connectivity index (χ4v) is 2.97. The number of hydrogen-bond acceptors (Lipinski definition) is 3. The zero-order valence-corrected chi connectivity index (χ0v) is 12.4. The molecule has 1 aliphatic heterocycles. The van der Waals surface area contributed by atoms with Gasteiger partial charge in [-0.25, -0.2) is 0 Å². The molecule has 0 aromatic heterocycles. The van der Waals surface area contributed by atoms with Crippen LogP contribution in [-0.4, -0.2) is 25.5 Å². The second kappa shape index (κ2) is 6.07. The predicted molar refractivity (Wildman–Crippen MR) is 77.9 cm³/mol. The molecule has 1 heterocycles. The van der Waals surface area contributed by atoms with E-state index in [1.807, 2.05) is 23.1 Å². The number of rotatable bonds is 2. The minimum Gasteiger partial charge on any atom is -0.358 e. The number of carbonyl (C=O) groups excluding carboxylic acids is 1. The molecule has 1 unspecified atom stereocenters. The van der Waals surface area contributed by atoms with Gasteiger partial charge in [0, 0.05) is 18.1 Å². The van der Waals surface area contributed by atoms with E-state index in [9.17, 15) is 10.1 Å². The molecule has 0 saturated carbocycles. The van der Waals surface area contributed by atoms with E-state index in [2.05, 4.69) is 27.3 Å². The van der Waals surface area contributed by atoms with Gasteiger partial charge in [0.25, 0.3) is 0 Å². The van der Waals surface area contributed by atoms with Gasteiger partial charge >= 0.3 is 0 Å². The molecular formula is C14H16BrN3O. The van der Waals surface area contributed by atoms with Gasteiger partial charge < -0.3 is 10.2 Å². The Hall–Kier alpha value is -1.54. The van der Waals surface area contributed by atoms with Gasteiger partial charge in [0.1, 0.15) is 12.1 Å². The van der Waals surface area contributed by atoms with Crippen LogP contribution in [0.3, 0.4) is 0 Å². The zero-order chi connectivity index (χ0) is 13.8. The fraction of sp³-hybridized carbons (Fsp3) is 0.429. The fourth-order valence-electron chi connectivity index (χ4n) is 2.52. The summed E-state index contributed by atoms with van der Waals surface area (Å²) >= 11 is 3.40. The molecule has 100 valence electrons. The lowest BCUT2D eigenvalue weighted by molar-refractivity contribution is -0.122. The van der Waals surface area contributed by atoms with E-state index in [1.165, 1.54) is 0 Å². The van der Waals surface area contributed by atoms with E-state index in [1.54, 1.807) is 7.05 Å². The van der Waals surface area contributed by atoms with Crippen LogP contribution >= 0.6 is 15.9 Å². The maximum absolute atomic E-state index is 12.0. The van der Waals surface area contributed by atoms with Crippen LogP contribution in [-0.2, 0) is 4.79 Å². The van der Waals surface area contributed by atoms with Crippen molar-refractivity contribution in [2.75, 3.05) is 18.5 Å². The van der Waals surface area contributed by atoms with Crippen molar-refractivity contribution in [2.24, 2.45) is 0 Å². The lowest BCUT2D eigenvalue weighted by atomic mass is 9.99. The maximum atomic E-state index is 12.0. The molecule has 1 fully saturated rings. The number of nitrogens with zero attached hydrogens (tertiary/aromatic N) is 2. The van der Waals surface area contributed by atoms with Crippen molar-refractivity contribution in [3.63, 3.8) is 0 Å². The predicted octanol–water partition coefficient (Wildman–Crippen LogP) is 2.43. The summed E-state index contributed by atoms with van der Waals surface area (Å²) in [5.74, 6) is 0.0172. The first-order valence-corrected chi connectivity index (χ1v) is 7.15. The van der Waals surface area contributed by atoms with Crippen molar-refractivity contribution in [2.45, 2.75) is 25.3 Å². The Morgan fingerprint density at radius 3 is 3.00 bits per heavy atom. The van der Waals surface area contributed by atoms with Crippen LogP contribution in [0.25, 0.3) is 0 Å². The Labute approximate surface area is 121 Å². The lowest BCUT2D eigenvalue weighted by Gasteiger charge is -2.36. The number of likely N-dealkylation sites (N-methyl/N-ethyl adjacent to an activating group) is 1. The number of amides is 1. The van der Waals surface area contributed by atoms with Gasteiger partial charge in [-0.2, -0.15) is 5.26 Å². The Bertz CT molecular complexity index is 524. The summed E-state index contributed by atoms with van der Waals surface area (Å²) < 4.78 is 0.772. The Morgan fingerprint density at radius 1 is 1.53 bits per heavy atom. The molecule has 1 amide bonds. The third-order valence-corrected chi connectivity index (χ3v) is 4.13. The van der Waals surface area contributed by atoms with Gasteiger partial charge in [0.05, 0.1) is 11.3 Å². The van der Waals surface area contributed by atoms with Crippen LogP contribution in [0.1, 0.15) is 24.8 Å². The quantitative estimate of drug-likeness (QED) is 0.910. The second-order valence-corrected chi connectivity index (χ2v) is 5.42. The van der Waals surface area contributed by atoms with Gasteiger partial charge in [-0.15, -0.1) is 0 Å². The van der Waals surface area contributed by atoms with Gasteiger partial charge in [0.2, 0.25) is 5.91 Å². The highest BCUT2D eigenvalue weighted by atomic mass is 79.9. The summed E-state index contributed by atoms with van der Waals surface area (Å²) in [7, 11) is 1.65. The van der Waals surface area contributed by atoms with Gasteiger partial charge in [-0.05, 0) is 47.3 Å². The standard InChI is InChI=1S/C14H16BrN3O/c1-17-14(19)13-6-2-3-8-18(13)12-7-4-5-11(15)10(12)9-16/h4-5,7,13H,2-3,6,8H2,1H3,(H,17,19). The van der Waals surface area contributed by atoms with E-state index in [4.69, 9.17) is 0 Å². The monoisotopic (exact) mass is 321 g/mol. The maximum Gasteiger partial charge on any atom is 0.242 e. The minimum absolute atomic E-state index is 0.0172. The molecule has 19 heavy (non-hydrogen) atoms. The molecule has 0 bridgehead atoms. The zero-order valence-electron chi connectivity index (χ0n) is 10.8. The molecule has 1 aliphatic rings. The summed E-state index contributed by atoms with van der Waals surface area (Å²) in [6.07, 6.45) is 2.92. The smallest absolute Gasteiger partial charge is 0.242 e. The van der Waals surface area contributed by atoms with Crippen LogP contribution < -0.4 is 10.2 Å². The van der Waals surface area contributed by atoms with Crippen molar-refractivity contribution in [3.05, 3.63) is 28.2 Å². The summed E-state index contributed by atoms with van der Waals surface area (Å²) in [5.41, 5.74) is 1.43. The summed E-state index contributed by atoms with van der Waals surface area (Å²) in [6.45, 7) is 0.809. The Morgan fingerprint density at radius 2 is 2.32 bits per heavy atom. The Balaban J connectivity index is 2.41. The van der Waals surface area contributed by atoms with E-state index in [-0.39, 0.29) is 11.9 Å². The number of anilines is 1. The Kier molecular flexibility index (Phi) is 4.43. The lowest BCUT2D eigenvalue weighted by Crippen LogP contribution is -2.49. The van der Waals surface area contributed by atoms with Crippen molar-refractivity contribution in [3.8, 4) is 6.07 Å². The van der Waals surface area contributed by atoms with Gasteiger partial charge in [-0.1, -0.05) is 6.07 Å². The topological polar surface area (TPSA) is 56.1 Å². The molecule has 0 radical (unpaired) electrons. The molecular weight excluding hydrogens is 306 g/mol. The third kappa shape index (κ3) is 2.74. The molecule has 1 N–H and O–H groups in total. The summed E-state index contributed by atoms with van der Waals surface area (Å²) in [6, 6.07) is 7.69. The minimum atomic E-state index is -0.180. The van der Waals surface area contributed by atoms with Crippen molar-refractivity contribution in [1.29, 1.82) is 5.26 Å². The molecule has 1 saturated heterocycles. The second-order valence-electron chi connectivity index (χ2n) is 4.56. The van der Waals surface area contributed by atoms with E-state index in [0.717, 1.165) is 36.0 Å². The first-order chi connectivity index (χ1) is 9.19. The van der Waals surface area contributed by atoms with Crippen molar-refractivity contribution in [1.82, 2.24) is 5.32 Å². The number of nitriles is 1. The van der Waals surface area contributed by atoms with Crippen LogP contribution in [0, 0.1) is 11.3 Å². The number of nitrogens with one attached hydrogen (secondary N) is 1. The molecule has 1 aromatic rings.